The Labute approximate surface area is 186 Å². The first kappa shape index (κ1) is 21.1. The van der Waals surface area contributed by atoms with Gasteiger partial charge in [0.25, 0.3) is 5.91 Å². The van der Waals surface area contributed by atoms with Gasteiger partial charge in [-0.1, -0.05) is 24.3 Å². The predicted octanol–water partition coefficient (Wildman–Crippen LogP) is 4.74. The van der Waals surface area contributed by atoms with Gasteiger partial charge in [-0.3, -0.25) is 9.69 Å². The molecule has 3 aromatic rings. The van der Waals surface area contributed by atoms with Crippen molar-refractivity contribution in [1.29, 1.82) is 0 Å². The Bertz CT molecular complexity index is 1140. The van der Waals surface area contributed by atoms with Crippen LogP contribution in [0.1, 0.15) is 17.0 Å². The molecule has 0 bridgehead atoms. The molecule has 0 saturated carbocycles. The molecule has 0 spiro atoms. The molecule has 0 atom stereocenters. The molecule has 4 rings (SSSR count). The number of hydrogen-bond acceptors (Lipinski definition) is 5. The summed E-state index contributed by atoms with van der Waals surface area (Å²) < 4.78 is 7.30. The number of hydrogen-bond donors (Lipinski definition) is 0. The van der Waals surface area contributed by atoms with Crippen molar-refractivity contribution in [2.75, 3.05) is 20.3 Å². The number of pyridine rings is 1. The molecule has 1 aromatic carbocycles. The maximum atomic E-state index is 13.2. The Morgan fingerprint density at radius 3 is 2.61 bits per heavy atom. The van der Waals surface area contributed by atoms with E-state index in [1.165, 1.54) is 11.8 Å². The standard InChI is InChI=1S/C24H24N4O2S/c1-17-15-19(18(2)28(17)22-11-7-8-12-25-22)16-21-23(29)27(13-14-30-3)24(31-21)26-20-9-5-4-6-10-20/h4-12,15-16H,13-14H2,1-3H3/b21-16-,26-24?. The molecule has 1 amide bonds. The second-order valence-corrected chi connectivity index (χ2v) is 8.15. The number of ether oxygens (including phenoxy) is 1. The van der Waals surface area contributed by atoms with E-state index < -0.39 is 0 Å². The van der Waals surface area contributed by atoms with Crippen molar-refractivity contribution in [2.24, 2.45) is 4.99 Å². The summed E-state index contributed by atoms with van der Waals surface area (Å²) in [6.07, 6.45) is 3.73. The van der Waals surface area contributed by atoms with Crippen molar-refractivity contribution in [3.63, 3.8) is 0 Å². The van der Waals surface area contributed by atoms with Crippen LogP contribution in [-0.4, -0.2) is 45.8 Å². The minimum Gasteiger partial charge on any atom is -0.383 e. The van der Waals surface area contributed by atoms with Crippen LogP contribution in [0.4, 0.5) is 5.69 Å². The zero-order valence-corrected chi connectivity index (χ0v) is 18.6. The highest BCUT2D eigenvalue weighted by Crippen LogP contribution is 2.35. The lowest BCUT2D eigenvalue weighted by atomic mass is 10.2. The van der Waals surface area contributed by atoms with Crippen LogP contribution < -0.4 is 0 Å². The Balaban J connectivity index is 1.70. The fraction of sp³-hybridized carbons (Fsp3) is 0.208. The van der Waals surface area contributed by atoms with Crippen LogP contribution in [0.25, 0.3) is 11.9 Å². The van der Waals surface area contributed by atoms with Gasteiger partial charge in [0, 0.05) is 24.7 Å². The summed E-state index contributed by atoms with van der Waals surface area (Å²) in [5.41, 5.74) is 3.91. The number of carbonyl (C=O) groups excluding carboxylic acids is 1. The molecule has 0 N–H and O–H groups in total. The third-order valence-corrected chi connectivity index (χ3v) is 6.03. The summed E-state index contributed by atoms with van der Waals surface area (Å²) in [5.74, 6) is 0.806. The zero-order chi connectivity index (χ0) is 21.8. The number of nitrogens with zero attached hydrogens (tertiary/aromatic N) is 4. The first-order valence-electron chi connectivity index (χ1n) is 10.0. The van der Waals surface area contributed by atoms with Crippen LogP contribution in [-0.2, 0) is 9.53 Å². The highest BCUT2D eigenvalue weighted by molar-refractivity contribution is 8.18. The van der Waals surface area contributed by atoms with Crippen LogP contribution in [0, 0.1) is 13.8 Å². The number of thioether (sulfide) groups is 1. The van der Waals surface area contributed by atoms with Crippen LogP contribution in [0.2, 0.25) is 0 Å². The number of amides is 1. The Morgan fingerprint density at radius 2 is 1.90 bits per heavy atom. The highest BCUT2D eigenvalue weighted by atomic mass is 32.2. The summed E-state index contributed by atoms with van der Waals surface area (Å²) in [6, 6.07) is 17.6. The number of benzene rings is 1. The van der Waals surface area contributed by atoms with Crippen molar-refractivity contribution >= 4 is 34.6 Å². The first-order valence-corrected chi connectivity index (χ1v) is 10.8. The van der Waals surface area contributed by atoms with E-state index in [0.717, 1.165) is 28.5 Å². The van der Waals surface area contributed by atoms with Crippen LogP contribution >= 0.6 is 11.8 Å². The molecule has 6 nitrogen and oxygen atoms in total. The average molecular weight is 433 g/mol. The van der Waals surface area contributed by atoms with E-state index in [4.69, 9.17) is 9.73 Å². The predicted molar refractivity (Wildman–Crippen MR) is 126 cm³/mol. The van der Waals surface area contributed by atoms with E-state index in [1.807, 2.05) is 68.5 Å². The molecule has 1 aliphatic heterocycles. The van der Waals surface area contributed by atoms with Gasteiger partial charge in [-0.15, -0.1) is 0 Å². The maximum absolute atomic E-state index is 13.2. The minimum atomic E-state index is -0.0561. The van der Waals surface area contributed by atoms with Gasteiger partial charge in [-0.2, -0.15) is 0 Å². The maximum Gasteiger partial charge on any atom is 0.266 e. The third kappa shape index (κ3) is 4.47. The van der Waals surface area contributed by atoms with E-state index in [-0.39, 0.29) is 5.91 Å². The fourth-order valence-electron chi connectivity index (χ4n) is 3.50. The summed E-state index contributed by atoms with van der Waals surface area (Å²) in [7, 11) is 1.63. The number of carbonyl (C=O) groups is 1. The van der Waals surface area contributed by atoms with Crippen LogP contribution in [0.15, 0.2) is 70.7 Å². The average Bonchev–Trinajstić information content (AvgIpc) is 3.23. The van der Waals surface area contributed by atoms with E-state index in [9.17, 15) is 4.79 Å². The normalized spacial score (nSPS) is 16.6. The van der Waals surface area contributed by atoms with Gasteiger partial charge in [0.05, 0.1) is 23.7 Å². The van der Waals surface area contributed by atoms with E-state index in [0.29, 0.717) is 23.2 Å². The number of amidine groups is 1. The molecule has 3 heterocycles. The molecule has 0 radical (unpaired) electrons. The molecule has 2 aromatic heterocycles. The Morgan fingerprint density at radius 1 is 1.13 bits per heavy atom. The lowest BCUT2D eigenvalue weighted by molar-refractivity contribution is -0.122. The summed E-state index contributed by atoms with van der Waals surface area (Å²) in [5, 5.41) is 0.665. The monoisotopic (exact) mass is 432 g/mol. The topological polar surface area (TPSA) is 59.7 Å². The van der Waals surface area contributed by atoms with Crippen LogP contribution in [0.3, 0.4) is 0 Å². The Hall–Kier alpha value is -3.16. The molecule has 7 heteroatoms. The van der Waals surface area contributed by atoms with E-state index >= 15 is 0 Å². The van der Waals surface area contributed by atoms with Crippen molar-refractivity contribution in [3.05, 3.63) is 82.7 Å². The van der Waals surface area contributed by atoms with Gasteiger partial charge in [0.15, 0.2) is 5.17 Å². The number of aromatic nitrogens is 2. The van der Waals surface area contributed by atoms with Crippen molar-refractivity contribution < 1.29 is 9.53 Å². The lowest BCUT2D eigenvalue weighted by Gasteiger charge is -2.14. The zero-order valence-electron chi connectivity index (χ0n) is 17.8. The first-order chi connectivity index (χ1) is 15.1. The molecule has 1 aliphatic rings. The smallest absolute Gasteiger partial charge is 0.266 e. The molecule has 158 valence electrons. The van der Waals surface area contributed by atoms with Gasteiger partial charge < -0.3 is 9.30 Å². The van der Waals surface area contributed by atoms with Crippen molar-refractivity contribution in [3.8, 4) is 5.82 Å². The molecule has 1 saturated heterocycles. The minimum absolute atomic E-state index is 0.0561. The molecule has 31 heavy (non-hydrogen) atoms. The summed E-state index contributed by atoms with van der Waals surface area (Å²) in [4.78, 5) is 24.7. The number of rotatable bonds is 6. The second-order valence-electron chi connectivity index (χ2n) is 7.14. The number of aliphatic imine (C=N–C) groups is 1. The molecule has 0 aliphatic carbocycles. The number of para-hydroxylation sites is 1. The van der Waals surface area contributed by atoms with Crippen LogP contribution in [0.5, 0.6) is 0 Å². The number of methoxy groups -OCH3 is 1. The quantitative estimate of drug-likeness (QED) is 0.528. The van der Waals surface area contributed by atoms with Gasteiger partial charge in [0.1, 0.15) is 5.82 Å². The molecular weight excluding hydrogens is 408 g/mol. The molecule has 1 fully saturated rings. The summed E-state index contributed by atoms with van der Waals surface area (Å²) >= 11 is 1.39. The van der Waals surface area contributed by atoms with E-state index in [2.05, 4.69) is 15.6 Å². The highest BCUT2D eigenvalue weighted by Gasteiger charge is 2.33. The summed E-state index contributed by atoms with van der Waals surface area (Å²) in [6.45, 7) is 4.99. The Kier molecular flexibility index (Phi) is 6.34. The van der Waals surface area contributed by atoms with Gasteiger partial charge >= 0.3 is 0 Å². The fourth-order valence-corrected chi connectivity index (χ4v) is 4.51. The second kappa shape index (κ2) is 9.32. The number of aryl methyl sites for hydroxylation is 1. The van der Waals surface area contributed by atoms with Crippen molar-refractivity contribution in [2.45, 2.75) is 13.8 Å². The van der Waals surface area contributed by atoms with E-state index in [1.54, 1.807) is 18.2 Å². The third-order valence-electron chi connectivity index (χ3n) is 5.02. The lowest BCUT2D eigenvalue weighted by Crippen LogP contribution is -2.32. The van der Waals surface area contributed by atoms with Gasteiger partial charge in [-0.05, 0) is 67.6 Å². The molecule has 0 unspecified atom stereocenters. The largest absolute Gasteiger partial charge is 0.383 e. The molecular formula is C24H24N4O2S. The SMILES string of the molecule is COCCN1C(=O)/C(=C/c2cc(C)n(-c3ccccn3)c2C)SC1=Nc1ccccc1. The van der Waals surface area contributed by atoms with Gasteiger partial charge in [0.2, 0.25) is 0 Å². The van der Waals surface area contributed by atoms with Crippen molar-refractivity contribution in [1.82, 2.24) is 14.5 Å². The van der Waals surface area contributed by atoms with Gasteiger partial charge in [-0.25, -0.2) is 9.98 Å².